The van der Waals surface area contributed by atoms with E-state index in [1.165, 1.54) is 10.5 Å². The molecular formula is C20H29N5O2. The van der Waals surface area contributed by atoms with Crippen LogP contribution in [0.15, 0.2) is 24.3 Å². The van der Waals surface area contributed by atoms with E-state index in [-0.39, 0.29) is 30.4 Å². The lowest BCUT2D eigenvalue weighted by molar-refractivity contribution is -0.138. The van der Waals surface area contributed by atoms with Crippen LogP contribution in [0.2, 0.25) is 0 Å². The van der Waals surface area contributed by atoms with Crippen molar-refractivity contribution in [2.24, 2.45) is 0 Å². The number of amides is 3. The lowest BCUT2D eigenvalue weighted by Crippen LogP contribution is -2.66. The first-order valence-electron chi connectivity index (χ1n) is 9.96. The van der Waals surface area contributed by atoms with Gasteiger partial charge < -0.3 is 9.80 Å². The quantitative estimate of drug-likeness (QED) is 0.874. The molecule has 27 heavy (non-hydrogen) atoms. The van der Waals surface area contributed by atoms with Gasteiger partial charge in [-0.15, -0.1) is 0 Å². The molecule has 3 saturated heterocycles. The summed E-state index contributed by atoms with van der Waals surface area (Å²) < 4.78 is 0. The van der Waals surface area contributed by atoms with Crippen molar-refractivity contribution < 1.29 is 9.59 Å². The molecule has 3 aliphatic heterocycles. The third-order valence-corrected chi connectivity index (χ3v) is 5.94. The minimum absolute atomic E-state index is 0.0577. The van der Waals surface area contributed by atoms with E-state index >= 15 is 0 Å². The van der Waals surface area contributed by atoms with Crippen molar-refractivity contribution in [2.75, 3.05) is 31.6 Å². The lowest BCUT2D eigenvalue weighted by Gasteiger charge is -2.44. The number of anilines is 1. The fourth-order valence-electron chi connectivity index (χ4n) is 4.51. The molecule has 146 valence electrons. The Morgan fingerprint density at radius 2 is 2.04 bits per heavy atom. The highest BCUT2D eigenvalue weighted by Crippen LogP contribution is 2.33. The maximum Gasteiger partial charge on any atom is 0.327 e. The first kappa shape index (κ1) is 18.3. The van der Waals surface area contributed by atoms with Gasteiger partial charge >= 0.3 is 6.03 Å². The number of likely N-dealkylation sites (N-methyl/N-ethyl adjacent to an activating group) is 1. The summed E-state index contributed by atoms with van der Waals surface area (Å²) in [6.45, 7) is 6.46. The Bertz CT molecular complexity index is 739. The number of aryl methyl sites for hydroxylation is 1. The topological polar surface area (TPSA) is 59.1 Å². The van der Waals surface area contributed by atoms with Gasteiger partial charge in [-0.25, -0.2) is 4.79 Å². The second-order valence-corrected chi connectivity index (χ2v) is 7.79. The number of benzene rings is 1. The van der Waals surface area contributed by atoms with Crippen molar-refractivity contribution in [3.8, 4) is 0 Å². The van der Waals surface area contributed by atoms with Gasteiger partial charge in [-0.2, -0.15) is 0 Å². The molecule has 0 radical (unpaired) electrons. The summed E-state index contributed by atoms with van der Waals surface area (Å²) in [5, 5.41) is 3.56. The van der Waals surface area contributed by atoms with E-state index in [1.54, 1.807) is 11.9 Å². The smallest absolute Gasteiger partial charge is 0.327 e. The zero-order chi connectivity index (χ0) is 19.1. The van der Waals surface area contributed by atoms with Gasteiger partial charge in [0.1, 0.15) is 18.5 Å². The van der Waals surface area contributed by atoms with E-state index in [0.717, 1.165) is 38.0 Å². The number of nitrogens with one attached hydrogen (secondary N) is 1. The van der Waals surface area contributed by atoms with Crippen molar-refractivity contribution in [2.45, 2.75) is 51.6 Å². The molecule has 0 bridgehead atoms. The Labute approximate surface area is 160 Å². The highest BCUT2D eigenvalue weighted by molar-refractivity contribution is 6.00. The number of unbranched alkanes of at least 4 members (excludes halogenated alkanes) is 1. The number of imide groups is 1. The van der Waals surface area contributed by atoms with Gasteiger partial charge in [0.05, 0.1) is 0 Å². The zero-order valence-electron chi connectivity index (χ0n) is 16.4. The summed E-state index contributed by atoms with van der Waals surface area (Å²) in [5.41, 5.74) is 2.37. The summed E-state index contributed by atoms with van der Waals surface area (Å²) in [5.74, 6) is -0.0577. The summed E-state index contributed by atoms with van der Waals surface area (Å²) in [6, 6.07) is 7.95. The van der Waals surface area contributed by atoms with Crippen LogP contribution in [0.1, 0.15) is 31.7 Å². The van der Waals surface area contributed by atoms with E-state index in [1.807, 2.05) is 0 Å². The molecule has 1 aromatic rings. The molecule has 4 rings (SSSR count). The Kier molecular flexibility index (Phi) is 4.82. The molecule has 0 saturated carbocycles. The Morgan fingerprint density at radius 3 is 2.78 bits per heavy atom. The monoisotopic (exact) mass is 371 g/mol. The van der Waals surface area contributed by atoms with Gasteiger partial charge in [0.25, 0.3) is 5.91 Å². The number of urea groups is 1. The van der Waals surface area contributed by atoms with Gasteiger partial charge in [-0.05, 0) is 37.5 Å². The summed E-state index contributed by atoms with van der Waals surface area (Å²) in [4.78, 5) is 33.6. The molecule has 0 spiro atoms. The highest BCUT2D eigenvalue weighted by atomic mass is 16.2. The van der Waals surface area contributed by atoms with Crippen LogP contribution >= 0.6 is 0 Å². The minimum atomic E-state index is -0.317. The van der Waals surface area contributed by atoms with E-state index in [2.05, 4.69) is 53.2 Å². The normalized spacial score (nSPS) is 28.6. The van der Waals surface area contributed by atoms with E-state index in [4.69, 9.17) is 0 Å². The second kappa shape index (κ2) is 7.13. The molecule has 3 heterocycles. The zero-order valence-corrected chi connectivity index (χ0v) is 16.4. The summed E-state index contributed by atoms with van der Waals surface area (Å²) in [7, 11) is 1.80. The molecule has 0 aliphatic carbocycles. The van der Waals surface area contributed by atoms with Gasteiger partial charge in [-0.3, -0.25) is 19.9 Å². The van der Waals surface area contributed by atoms with Crippen LogP contribution in [0.25, 0.3) is 0 Å². The van der Waals surface area contributed by atoms with Crippen LogP contribution in [0.4, 0.5) is 10.5 Å². The molecule has 0 aromatic heterocycles. The Balaban J connectivity index is 1.63. The van der Waals surface area contributed by atoms with Crippen LogP contribution in [0.3, 0.4) is 0 Å². The van der Waals surface area contributed by atoms with E-state index in [9.17, 15) is 9.59 Å². The van der Waals surface area contributed by atoms with Crippen LogP contribution in [-0.4, -0.2) is 71.8 Å². The third-order valence-electron chi connectivity index (χ3n) is 5.94. The fourth-order valence-corrected chi connectivity index (χ4v) is 4.51. The van der Waals surface area contributed by atoms with Crippen molar-refractivity contribution in [1.29, 1.82) is 0 Å². The van der Waals surface area contributed by atoms with Crippen LogP contribution in [-0.2, 0) is 4.79 Å². The minimum Gasteiger partial charge on any atom is -0.343 e. The van der Waals surface area contributed by atoms with Crippen molar-refractivity contribution in [1.82, 2.24) is 20.0 Å². The molecular weight excluding hydrogens is 342 g/mol. The summed E-state index contributed by atoms with van der Waals surface area (Å²) >= 11 is 0. The number of hydrogen-bond donors (Lipinski definition) is 1. The number of nitrogens with zero attached hydrogens (tertiary/aromatic N) is 4. The van der Waals surface area contributed by atoms with Gasteiger partial charge in [-0.1, -0.05) is 25.5 Å². The standard InChI is InChI=1S/C20H29N5O2/c1-4-5-10-25-18(26)16-17(22(3)20(25)27)21-19-23(11-7-12-24(16)19)15-9-6-8-14(2)13-15/h6,8-9,13,16-17,19,21H,4-5,7,10-12H2,1-3H3. The largest absolute Gasteiger partial charge is 0.343 e. The Hall–Kier alpha value is -2.12. The molecule has 3 atom stereocenters. The van der Waals surface area contributed by atoms with Gasteiger partial charge in [0, 0.05) is 32.4 Å². The molecule has 1 N–H and O–H groups in total. The second-order valence-electron chi connectivity index (χ2n) is 7.79. The molecule has 3 unspecified atom stereocenters. The molecule has 1 aromatic carbocycles. The summed E-state index contributed by atoms with van der Waals surface area (Å²) in [6.07, 6.45) is 2.45. The first-order valence-corrected chi connectivity index (χ1v) is 9.96. The maximum atomic E-state index is 13.2. The van der Waals surface area contributed by atoms with Gasteiger partial charge in [0.2, 0.25) is 0 Å². The first-order chi connectivity index (χ1) is 13.0. The number of carbonyl (C=O) groups is 2. The maximum absolute atomic E-state index is 13.2. The highest BCUT2D eigenvalue weighted by Gasteiger charge is 2.55. The van der Waals surface area contributed by atoms with Crippen LogP contribution in [0, 0.1) is 6.92 Å². The molecule has 3 fully saturated rings. The number of rotatable bonds is 4. The average molecular weight is 371 g/mol. The predicted molar refractivity (Wildman–Crippen MR) is 104 cm³/mol. The third kappa shape index (κ3) is 2.99. The van der Waals surface area contributed by atoms with Crippen LogP contribution in [0.5, 0.6) is 0 Å². The SMILES string of the molecule is CCCCN1C(=O)C2C(NC3N(c4cccc(C)c4)CCCN23)N(C)C1=O. The molecule has 7 heteroatoms. The van der Waals surface area contributed by atoms with Gasteiger partial charge in [0.15, 0.2) is 0 Å². The number of carbonyl (C=O) groups excluding carboxylic acids is 2. The van der Waals surface area contributed by atoms with Crippen molar-refractivity contribution in [3.63, 3.8) is 0 Å². The number of fused-ring (bicyclic) bond motifs is 3. The average Bonchev–Trinajstić information content (AvgIpc) is 3.06. The lowest BCUT2D eigenvalue weighted by atomic mass is 10.1. The predicted octanol–water partition coefficient (Wildman–Crippen LogP) is 1.78. The molecule has 3 aliphatic rings. The van der Waals surface area contributed by atoms with Crippen LogP contribution < -0.4 is 10.2 Å². The van der Waals surface area contributed by atoms with E-state index in [0.29, 0.717) is 6.54 Å². The molecule has 3 amide bonds. The van der Waals surface area contributed by atoms with E-state index < -0.39 is 0 Å². The fraction of sp³-hybridized carbons (Fsp3) is 0.600. The van der Waals surface area contributed by atoms with Crippen molar-refractivity contribution >= 4 is 17.6 Å². The Morgan fingerprint density at radius 1 is 1.22 bits per heavy atom. The number of hydrogen-bond acceptors (Lipinski definition) is 5. The van der Waals surface area contributed by atoms with Crippen molar-refractivity contribution in [3.05, 3.63) is 29.8 Å². The molecule has 7 nitrogen and oxygen atoms in total.